The maximum atomic E-state index is 13.4. The third-order valence-electron chi connectivity index (χ3n) is 6.73. The molecule has 4 aromatic rings. The molecule has 1 N–H and O–H groups in total. The Labute approximate surface area is 215 Å². The van der Waals surface area contributed by atoms with Gasteiger partial charge < -0.3 is 17.3 Å². The Morgan fingerprint density at radius 3 is 2.32 bits per heavy atom. The van der Waals surface area contributed by atoms with Crippen molar-refractivity contribution in [3.8, 4) is 0 Å². The van der Waals surface area contributed by atoms with Gasteiger partial charge in [0.25, 0.3) is 5.56 Å². The number of hydrogen-bond donors (Lipinski definition) is 1. The van der Waals surface area contributed by atoms with E-state index in [0.717, 1.165) is 59.8 Å². The van der Waals surface area contributed by atoms with E-state index >= 15 is 0 Å². The minimum absolute atomic E-state index is 0. The number of benzene rings is 3. The summed E-state index contributed by atoms with van der Waals surface area (Å²) in [5.41, 5.74) is 3.59. The largest absolute Gasteiger partial charge is 1.00 e. The summed E-state index contributed by atoms with van der Waals surface area (Å²) >= 11 is 3.51. The summed E-state index contributed by atoms with van der Waals surface area (Å²) in [6.45, 7) is 3.24. The van der Waals surface area contributed by atoms with E-state index in [-0.39, 0.29) is 24.0 Å². The van der Waals surface area contributed by atoms with Crippen molar-refractivity contribution in [2.45, 2.75) is 38.3 Å². The molecule has 2 atom stereocenters. The van der Waals surface area contributed by atoms with E-state index in [2.05, 4.69) is 70.5 Å². The van der Waals surface area contributed by atoms with Gasteiger partial charge in [-0.1, -0.05) is 76.6 Å². The fraction of sp³-hybridized carbons (Fsp3) is 0.286. The first-order chi connectivity index (χ1) is 16.2. The number of fused-ring (bicyclic) bond motifs is 1. The summed E-state index contributed by atoms with van der Waals surface area (Å²) in [6, 6.07) is 27.1. The van der Waals surface area contributed by atoms with Gasteiger partial charge in [-0.05, 0) is 36.6 Å². The van der Waals surface area contributed by atoms with Gasteiger partial charge in [-0.15, -0.1) is 0 Å². The van der Waals surface area contributed by atoms with Gasteiger partial charge in [0.1, 0.15) is 6.54 Å². The van der Waals surface area contributed by atoms with Gasteiger partial charge in [-0.2, -0.15) is 5.10 Å². The van der Waals surface area contributed by atoms with Crippen LogP contribution in [0.1, 0.15) is 42.1 Å². The van der Waals surface area contributed by atoms with Crippen molar-refractivity contribution in [3.05, 3.63) is 111 Å². The summed E-state index contributed by atoms with van der Waals surface area (Å²) in [6.07, 6.45) is 3.80. The average molecular weight is 539 g/mol. The van der Waals surface area contributed by atoms with E-state index in [1.807, 2.05) is 28.9 Å². The Kier molecular flexibility index (Phi) is 8.19. The van der Waals surface area contributed by atoms with E-state index in [1.165, 1.54) is 11.1 Å². The van der Waals surface area contributed by atoms with Gasteiger partial charge >= 0.3 is 0 Å². The summed E-state index contributed by atoms with van der Waals surface area (Å²) in [5, 5.41) is 6.72. The lowest BCUT2D eigenvalue weighted by molar-refractivity contribution is -0.913. The highest BCUT2D eigenvalue weighted by Gasteiger charge is 2.24. The number of likely N-dealkylation sites (tertiary alicyclic amines) is 1. The third-order valence-corrected chi connectivity index (χ3v) is 7.26. The zero-order chi connectivity index (χ0) is 22.6. The van der Waals surface area contributed by atoms with Crippen molar-refractivity contribution in [1.82, 2.24) is 9.78 Å². The second kappa shape index (κ2) is 11.3. The van der Waals surface area contributed by atoms with Gasteiger partial charge in [-0.25, -0.2) is 4.68 Å². The van der Waals surface area contributed by atoms with Crippen molar-refractivity contribution in [2.75, 3.05) is 13.1 Å². The maximum Gasteiger partial charge on any atom is 0.274 e. The van der Waals surface area contributed by atoms with Crippen molar-refractivity contribution in [3.63, 3.8) is 0 Å². The van der Waals surface area contributed by atoms with E-state index < -0.39 is 0 Å². The van der Waals surface area contributed by atoms with Crippen LogP contribution in [0.4, 0.5) is 0 Å². The molecule has 0 aliphatic carbocycles. The molecule has 1 aliphatic rings. The first-order valence-corrected chi connectivity index (χ1v) is 12.6. The molecule has 0 radical (unpaired) electrons. The van der Waals surface area contributed by atoms with Crippen LogP contribution in [0.3, 0.4) is 0 Å². The lowest BCUT2D eigenvalue weighted by Gasteiger charge is -2.19. The van der Waals surface area contributed by atoms with Crippen molar-refractivity contribution in [1.29, 1.82) is 0 Å². The molecule has 1 fully saturated rings. The van der Waals surface area contributed by atoms with Gasteiger partial charge in [-0.3, -0.25) is 4.79 Å². The van der Waals surface area contributed by atoms with Crippen LogP contribution in [0.15, 0.2) is 88.1 Å². The second-order valence-electron chi connectivity index (χ2n) is 9.04. The van der Waals surface area contributed by atoms with Crippen LogP contribution in [0, 0.1) is 0 Å². The number of rotatable bonds is 5. The fourth-order valence-electron chi connectivity index (χ4n) is 4.98. The summed E-state index contributed by atoms with van der Waals surface area (Å²) in [4.78, 5) is 15.0. The number of quaternary nitrogens is 1. The highest BCUT2D eigenvalue weighted by Crippen LogP contribution is 2.22. The van der Waals surface area contributed by atoms with Gasteiger partial charge in [0.2, 0.25) is 0 Å². The first kappa shape index (κ1) is 24.6. The predicted molar refractivity (Wildman–Crippen MR) is 137 cm³/mol. The van der Waals surface area contributed by atoms with Crippen molar-refractivity contribution in [2.24, 2.45) is 0 Å². The molecule has 2 heterocycles. The van der Waals surface area contributed by atoms with Crippen LogP contribution >= 0.6 is 15.9 Å². The molecule has 176 valence electrons. The molecule has 1 aromatic heterocycles. The number of nitrogens with zero attached hydrogens (tertiary/aromatic N) is 2. The Bertz CT molecular complexity index is 1290. The molecule has 0 amide bonds. The molecular formula is C28H29BrClN3O. The van der Waals surface area contributed by atoms with E-state index in [4.69, 9.17) is 5.10 Å². The smallest absolute Gasteiger partial charge is 0.274 e. The van der Waals surface area contributed by atoms with E-state index in [9.17, 15) is 4.79 Å². The van der Waals surface area contributed by atoms with Crippen molar-refractivity contribution >= 4 is 26.7 Å². The van der Waals surface area contributed by atoms with Crippen LogP contribution in [0.2, 0.25) is 0 Å². The molecular weight excluding hydrogens is 510 g/mol. The monoisotopic (exact) mass is 537 g/mol. The molecule has 1 saturated heterocycles. The summed E-state index contributed by atoms with van der Waals surface area (Å²) < 4.78 is 2.87. The Balaban J connectivity index is 0.00000274. The molecule has 34 heavy (non-hydrogen) atoms. The molecule has 5 rings (SSSR count). The number of aromatic nitrogens is 2. The minimum atomic E-state index is 0. The zero-order valence-corrected chi connectivity index (χ0v) is 21.4. The highest BCUT2D eigenvalue weighted by molar-refractivity contribution is 9.10. The van der Waals surface area contributed by atoms with Gasteiger partial charge in [0.15, 0.2) is 0 Å². The Morgan fingerprint density at radius 2 is 1.56 bits per heavy atom. The second-order valence-corrected chi connectivity index (χ2v) is 9.96. The SMILES string of the molecule is O=c1c2ccccc2c(Cc2ccc(Br)cc2)nn1C1CCC[NH+](Cc2ccccc2)CC1.[Cl-]. The van der Waals surface area contributed by atoms with Crippen LogP contribution in [-0.2, 0) is 13.0 Å². The van der Waals surface area contributed by atoms with Crippen molar-refractivity contribution < 1.29 is 17.3 Å². The number of hydrogen-bond acceptors (Lipinski definition) is 2. The minimum Gasteiger partial charge on any atom is -1.00 e. The maximum absolute atomic E-state index is 13.4. The van der Waals surface area contributed by atoms with Crippen LogP contribution in [-0.4, -0.2) is 22.9 Å². The molecule has 0 saturated carbocycles. The number of halogens is 2. The molecule has 0 bridgehead atoms. The lowest BCUT2D eigenvalue weighted by atomic mass is 10.0. The normalized spacial score (nSPS) is 18.3. The van der Waals surface area contributed by atoms with E-state index in [0.29, 0.717) is 6.42 Å². The quantitative estimate of drug-likeness (QED) is 0.419. The fourth-order valence-corrected chi connectivity index (χ4v) is 5.25. The predicted octanol–water partition coefficient (Wildman–Crippen LogP) is 1.56. The molecule has 2 unspecified atom stereocenters. The molecule has 0 spiro atoms. The van der Waals surface area contributed by atoms with Gasteiger partial charge in [0.05, 0.1) is 30.2 Å². The molecule has 1 aliphatic heterocycles. The molecule has 4 nitrogen and oxygen atoms in total. The first-order valence-electron chi connectivity index (χ1n) is 11.8. The molecule has 6 heteroatoms. The van der Waals surface area contributed by atoms with Gasteiger partial charge in [0, 0.05) is 28.3 Å². The zero-order valence-electron chi connectivity index (χ0n) is 19.1. The van der Waals surface area contributed by atoms with Crippen LogP contribution < -0.4 is 22.9 Å². The average Bonchev–Trinajstić information content (AvgIpc) is 3.08. The number of nitrogens with one attached hydrogen (secondary N) is 1. The van der Waals surface area contributed by atoms with E-state index in [1.54, 1.807) is 4.90 Å². The Hall–Kier alpha value is -2.47. The lowest BCUT2D eigenvalue weighted by Crippen LogP contribution is -3.10. The summed E-state index contributed by atoms with van der Waals surface area (Å²) in [7, 11) is 0. The Morgan fingerprint density at radius 1 is 0.853 bits per heavy atom. The van der Waals surface area contributed by atoms with Crippen LogP contribution in [0.5, 0.6) is 0 Å². The van der Waals surface area contributed by atoms with Crippen LogP contribution in [0.25, 0.3) is 10.8 Å². The standard InChI is InChI=1S/C28H28BrN3O.ClH/c29-23-14-12-21(13-15-23)19-27-25-10-4-5-11-26(25)28(33)32(30-27)24-9-6-17-31(18-16-24)20-22-7-2-1-3-8-22;/h1-5,7-8,10-15,24H,6,9,16-20H2;1H. The summed E-state index contributed by atoms with van der Waals surface area (Å²) in [5.74, 6) is 0. The highest BCUT2D eigenvalue weighted by atomic mass is 79.9. The third kappa shape index (κ3) is 5.60. The molecule has 3 aromatic carbocycles. The topological polar surface area (TPSA) is 39.3 Å².